The lowest BCUT2D eigenvalue weighted by molar-refractivity contribution is 0.307. The molecule has 2 N–H and O–H groups in total. The van der Waals surface area contributed by atoms with E-state index in [2.05, 4.69) is 0 Å². The fraction of sp³-hybridized carbons (Fsp3) is 0.364. The summed E-state index contributed by atoms with van der Waals surface area (Å²) in [5.41, 5.74) is 0. The molecule has 0 fully saturated rings. The molecule has 0 saturated heterocycles. The molecular formula is C11H13ClN2O3S. The smallest absolute Gasteiger partial charge is 0.238 e. The van der Waals surface area contributed by atoms with Crippen molar-refractivity contribution in [2.24, 2.45) is 5.14 Å². The van der Waals surface area contributed by atoms with Crippen molar-refractivity contribution >= 4 is 21.6 Å². The van der Waals surface area contributed by atoms with Crippen LogP contribution in [0.5, 0.6) is 5.75 Å². The molecule has 1 rings (SSSR count). The first kappa shape index (κ1) is 14.8. The summed E-state index contributed by atoms with van der Waals surface area (Å²) in [6.07, 6.45) is 1.98. The van der Waals surface area contributed by atoms with Gasteiger partial charge >= 0.3 is 0 Å². The third kappa shape index (κ3) is 4.53. The van der Waals surface area contributed by atoms with E-state index in [-0.39, 0.29) is 9.92 Å². The molecule has 0 saturated carbocycles. The molecule has 0 bridgehead atoms. The minimum Gasteiger partial charge on any atom is -0.492 e. The summed E-state index contributed by atoms with van der Waals surface area (Å²) in [5.74, 6) is 0.404. The number of unbranched alkanes of at least 4 members (excludes halogenated alkanes) is 2. The van der Waals surface area contributed by atoms with Gasteiger partial charge in [0.25, 0.3) is 0 Å². The second kappa shape index (κ2) is 6.59. The zero-order chi connectivity index (χ0) is 13.6. The Morgan fingerprint density at radius 3 is 2.67 bits per heavy atom. The van der Waals surface area contributed by atoms with Crippen molar-refractivity contribution in [2.45, 2.75) is 24.2 Å². The van der Waals surface area contributed by atoms with Gasteiger partial charge in [0.1, 0.15) is 5.75 Å². The van der Waals surface area contributed by atoms with Crippen molar-refractivity contribution in [3.05, 3.63) is 23.2 Å². The highest BCUT2D eigenvalue weighted by Crippen LogP contribution is 2.27. The number of halogens is 1. The summed E-state index contributed by atoms with van der Waals surface area (Å²) < 4.78 is 27.5. The number of primary sulfonamides is 1. The molecule has 5 nitrogen and oxygen atoms in total. The first-order chi connectivity index (χ1) is 8.45. The van der Waals surface area contributed by atoms with Gasteiger partial charge in [0.2, 0.25) is 10.0 Å². The van der Waals surface area contributed by atoms with Crippen LogP contribution in [0.4, 0.5) is 0 Å². The van der Waals surface area contributed by atoms with Gasteiger partial charge in [0, 0.05) is 6.42 Å². The average Bonchev–Trinajstić information content (AvgIpc) is 2.29. The van der Waals surface area contributed by atoms with Gasteiger partial charge in [-0.05, 0) is 31.0 Å². The predicted molar refractivity (Wildman–Crippen MR) is 67.8 cm³/mol. The normalized spacial score (nSPS) is 10.9. The summed E-state index contributed by atoms with van der Waals surface area (Å²) in [6.45, 7) is 0.427. The average molecular weight is 289 g/mol. The molecule has 1 aromatic rings. The van der Waals surface area contributed by atoms with Crippen LogP contribution in [-0.2, 0) is 10.0 Å². The Bertz CT molecular complexity index is 552. The van der Waals surface area contributed by atoms with Crippen molar-refractivity contribution in [2.75, 3.05) is 6.61 Å². The zero-order valence-electron chi connectivity index (χ0n) is 9.60. The maximum Gasteiger partial charge on any atom is 0.238 e. The Kier molecular flexibility index (Phi) is 5.41. The molecule has 7 heteroatoms. The maximum atomic E-state index is 11.1. The van der Waals surface area contributed by atoms with E-state index in [1.165, 1.54) is 18.2 Å². The summed E-state index contributed by atoms with van der Waals surface area (Å²) in [6, 6.07) is 6.09. The van der Waals surface area contributed by atoms with E-state index in [1.54, 1.807) is 0 Å². The van der Waals surface area contributed by atoms with Gasteiger partial charge < -0.3 is 4.74 Å². The number of hydrogen-bond acceptors (Lipinski definition) is 4. The van der Waals surface area contributed by atoms with Crippen molar-refractivity contribution in [3.8, 4) is 11.8 Å². The zero-order valence-corrected chi connectivity index (χ0v) is 11.2. The van der Waals surface area contributed by atoms with E-state index in [4.69, 9.17) is 26.7 Å². The second-order valence-electron chi connectivity index (χ2n) is 3.60. The van der Waals surface area contributed by atoms with E-state index in [0.717, 1.165) is 12.8 Å². The Labute approximate surface area is 111 Å². The lowest BCUT2D eigenvalue weighted by atomic mass is 10.2. The Morgan fingerprint density at radius 2 is 2.11 bits per heavy atom. The topological polar surface area (TPSA) is 93.2 Å². The molecular weight excluding hydrogens is 276 g/mol. The molecule has 18 heavy (non-hydrogen) atoms. The number of hydrogen-bond donors (Lipinski definition) is 1. The third-order valence-corrected chi connectivity index (χ3v) is 3.38. The quantitative estimate of drug-likeness (QED) is 0.811. The van der Waals surface area contributed by atoms with Gasteiger partial charge in [-0.25, -0.2) is 13.6 Å². The number of sulfonamides is 1. The molecule has 0 aliphatic rings. The molecule has 0 heterocycles. The van der Waals surface area contributed by atoms with Gasteiger partial charge in [-0.1, -0.05) is 11.6 Å². The first-order valence-electron chi connectivity index (χ1n) is 5.27. The van der Waals surface area contributed by atoms with E-state index >= 15 is 0 Å². The monoisotopic (exact) mass is 288 g/mol. The van der Waals surface area contributed by atoms with Crippen LogP contribution in [0.3, 0.4) is 0 Å². The van der Waals surface area contributed by atoms with Crippen LogP contribution >= 0.6 is 11.6 Å². The van der Waals surface area contributed by atoms with Gasteiger partial charge in [-0.15, -0.1) is 0 Å². The fourth-order valence-electron chi connectivity index (χ4n) is 1.26. The van der Waals surface area contributed by atoms with Crippen molar-refractivity contribution in [1.29, 1.82) is 5.26 Å². The molecule has 1 aromatic carbocycles. The SMILES string of the molecule is N#CCCCCOc1ccc(S(N)(=O)=O)cc1Cl. The lowest BCUT2D eigenvalue weighted by Crippen LogP contribution is -2.12. The number of nitriles is 1. The molecule has 0 aromatic heterocycles. The van der Waals surface area contributed by atoms with Crippen LogP contribution in [0.1, 0.15) is 19.3 Å². The maximum absolute atomic E-state index is 11.1. The predicted octanol–water partition coefficient (Wildman–Crippen LogP) is 2.06. The molecule has 0 aliphatic carbocycles. The molecule has 0 unspecified atom stereocenters. The minimum absolute atomic E-state index is 0.0515. The largest absolute Gasteiger partial charge is 0.492 e. The standard InChI is InChI=1S/C11H13ClN2O3S/c12-10-8-9(18(14,15)16)4-5-11(10)17-7-3-1-2-6-13/h4-5,8H,1-3,7H2,(H2,14,15,16). The van der Waals surface area contributed by atoms with E-state index in [1.807, 2.05) is 6.07 Å². The molecule has 0 radical (unpaired) electrons. The van der Waals surface area contributed by atoms with Crippen LogP contribution in [-0.4, -0.2) is 15.0 Å². The van der Waals surface area contributed by atoms with Crippen molar-refractivity contribution in [3.63, 3.8) is 0 Å². The fourth-order valence-corrected chi connectivity index (χ4v) is 2.10. The number of benzene rings is 1. The van der Waals surface area contributed by atoms with Gasteiger partial charge in [-0.3, -0.25) is 0 Å². The van der Waals surface area contributed by atoms with Crippen molar-refractivity contribution in [1.82, 2.24) is 0 Å². The van der Waals surface area contributed by atoms with Crippen molar-refractivity contribution < 1.29 is 13.2 Å². The Hall–Kier alpha value is -1.29. The summed E-state index contributed by atoms with van der Waals surface area (Å²) >= 11 is 5.88. The van der Waals surface area contributed by atoms with Gasteiger partial charge in [-0.2, -0.15) is 5.26 Å². The molecule has 0 aliphatic heterocycles. The number of nitrogens with zero attached hydrogens (tertiary/aromatic N) is 1. The van der Waals surface area contributed by atoms with E-state index < -0.39 is 10.0 Å². The number of nitrogens with two attached hydrogens (primary N) is 1. The minimum atomic E-state index is -3.75. The number of rotatable bonds is 6. The van der Waals surface area contributed by atoms with Crippen LogP contribution in [0.2, 0.25) is 5.02 Å². The Balaban J connectivity index is 2.61. The van der Waals surface area contributed by atoms with Crippen LogP contribution < -0.4 is 9.88 Å². The second-order valence-corrected chi connectivity index (χ2v) is 5.57. The third-order valence-electron chi connectivity index (χ3n) is 2.17. The molecule has 0 spiro atoms. The molecule has 0 atom stereocenters. The van der Waals surface area contributed by atoms with Crippen LogP contribution in [0, 0.1) is 11.3 Å². The number of ether oxygens (including phenoxy) is 1. The van der Waals surface area contributed by atoms with Crippen LogP contribution in [0.25, 0.3) is 0 Å². The highest BCUT2D eigenvalue weighted by atomic mass is 35.5. The summed E-state index contributed by atoms with van der Waals surface area (Å²) in [4.78, 5) is -0.0515. The Morgan fingerprint density at radius 1 is 1.39 bits per heavy atom. The van der Waals surface area contributed by atoms with Crippen LogP contribution in [0.15, 0.2) is 23.1 Å². The highest BCUT2D eigenvalue weighted by molar-refractivity contribution is 7.89. The summed E-state index contributed by atoms with van der Waals surface area (Å²) in [5, 5.41) is 13.5. The molecule has 98 valence electrons. The first-order valence-corrected chi connectivity index (χ1v) is 7.19. The van der Waals surface area contributed by atoms with E-state index in [0.29, 0.717) is 18.8 Å². The van der Waals surface area contributed by atoms with Gasteiger partial charge in [0.05, 0.1) is 22.6 Å². The van der Waals surface area contributed by atoms with E-state index in [9.17, 15) is 8.42 Å². The van der Waals surface area contributed by atoms with Gasteiger partial charge in [0.15, 0.2) is 0 Å². The highest BCUT2D eigenvalue weighted by Gasteiger charge is 2.11. The summed E-state index contributed by atoms with van der Waals surface area (Å²) in [7, 11) is -3.75. The lowest BCUT2D eigenvalue weighted by Gasteiger charge is -2.08. The molecule has 0 amide bonds.